The van der Waals surface area contributed by atoms with Gasteiger partial charge in [-0.2, -0.15) is 0 Å². The van der Waals surface area contributed by atoms with Crippen molar-refractivity contribution in [1.29, 1.82) is 0 Å². The lowest BCUT2D eigenvalue weighted by molar-refractivity contribution is -0.119. The van der Waals surface area contributed by atoms with Gasteiger partial charge >= 0.3 is 0 Å². The summed E-state index contributed by atoms with van der Waals surface area (Å²) in [5.74, 6) is 0.385. The highest BCUT2D eigenvalue weighted by molar-refractivity contribution is 7.99. The molecule has 7 heteroatoms. The smallest absolute Gasteiger partial charge is 0.230 e. The molecule has 0 atom stereocenters. The molecule has 1 aromatic heterocycles. The Morgan fingerprint density at radius 3 is 3.00 bits per heavy atom. The first-order valence-electron chi connectivity index (χ1n) is 5.37. The summed E-state index contributed by atoms with van der Waals surface area (Å²) >= 11 is 1.39. The molecule has 2 rings (SSSR count). The van der Waals surface area contributed by atoms with Crippen LogP contribution in [0.2, 0.25) is 0 Å². The van der Waals surface area contributed by atoms with E-state index in [2.05, 4.69) is 20.8 Å². The Morgan fingerprint density at radius 1 is 1.62 bits per heavy atom. The van der Waals surface area contributed by atoms with Gasteiger partial charge in [0.05, 0.1) is 11.8 Å². The van der Waals surface area contributed by atoms with Crippen molar-refractivity contribution in [1.82, 2.24) is 25.5 Å². The third kappa shape index (κ3) is 2.94. The number of carbonyl (C=O) groups is 1. The average Bonchev–Trinajstić information content (AvgIpc) is 2.94. The van der Waals surface area contributed by atoms with Gasteiger partial charge in [0.2, 0.25) is 11.1 Å². The minimum absolute atomic E-state index is 0.0188. The van der Waals surface area contributed by atoms with Crippen molar-refractivity contribution >= 4 is 17.7 Å². The van der Waals surface area contributed by atoms with E-state index in [1.54, 1.807) is 0 Å². The summed E-state index contributed by atoms with van der Waals surface area (Å²) < 4.78 is 1.81. The lowest BCUT2D eigenvalue weighted by atomic mass is 10.4. The molecule has 16 heavy (non-hydrogen) atoms. The van der Waals surface area contributed by atoms with Gasteiger partial charge in [0, 0.05) is 6.04 Å². The normalized spacial score (nSPS) is 15.4. The topological polar surface area (TPSA) is 72.7 Å². The molecule has 6 nitrogen and oxygen atoms in total. The maximum atomic E-state index is 11.4. The van der Waals surface area contributed by atoms with Gasteiger partial charge in [0.15, 0.2) is 0 Å². The molecule has 1 N–H and O–H groups in total. The number of thioether (sulfide) groups is 1. The third-order valence-electron chi connectivity index (χ3n) is 2.14. The van der Waals surface area contributed by atoms with Crippen molar-refractivity contribution < 1.29 is 4.79 Å². The molecule has 1 fully saturated rings. The molecule has 0 saturated heterocycles. The molecular formula is C9H15N5OS. The van der Waals surface area contributed by atoms with E-state index in [4.69, 9.17) is 0 Å². The Kier molecular flexibility index (Phi) is 3.42. The fourth-order valence-corrected chi connectivity index (χ4v) is 2.08. The Labute approximate surface area is 98.2 Å². The Bertz CT molecular complexity index is 374. The second-order valence-electron chi connectivity index (χ2n) is 4.15. The minimum atomic E-state index is 0.0188. The largest absolute Gasteiger partial charge is 0.353 e. The van der Waals surface area contributed by atoms with Crippen molar-refractivity contribution in [3.63, 3.8) is 0 Å². The van der Waals surface area contributed by atoms with Crippen molar-refractivity contribution in [3.8, 4) is 0 Å². The van der Waals surface area contributed by atoms with Crippen LogP contribution in [0.25, 0.3) is 0 Å². The number of tetrazole rings is 1. The van der Waals surface area contributed by atoms with Gasteiger partial charge in [0.1, 0.15) is 0 Å². The highest BCUT2D eigenvalue weighted by Crippen LogP contribution is 2.36. The number of aromatic nitrogens is 4. The van der Waals surface area contributed by atoms with Crippen LogP contribution >= 0.6 is 11.8 Å². The number of hydrogen-bond acceptors (Lipinski definition) is 5. The standard InChI is InChI=1S/C9H15N5OS/c1-6(2)10-8(15)5-16-9-11-12-13-14(9)7-3-4-7/h6-7H,3-5H2,1-2H3,(H,10,15). The van der Waals surface area contributed by atoms with Crippen LogP contribution in [-0.4, -0.2) is 37.9 Å². The summed E-state index contributed by atoms with van der Waals surface area (Å²) in [7, 11) is 0. The summed E-state index contributed by atoms with van der Waals surface area (Å²) in [5.41, 5.74) is 0. The molecule has 0 aliphatic heterocycles. The van der Waals surface area contributed by atoms with Crippen LogP contribution in [0.5, 0.6) is 0 Å². The van der Waals surface area contributed by atoms with Crippen LogP contribution in [0.15, 0.2) is 5.16 Å². The lowest BCUT2D eigenvalue weighted by Crippen LogP contribution is -2.31. The van der Waals surface area contributed by atoms with Crippen LogP contribution in [-0.2, 0) is 4.79 Å². The fourth-order valence-electron chi connectivity index (χ4n) is 1.32. The number of carbonyl (C=O) groups excluding carboxylic acids is 1. The molecule has 1 aliphatic carbocycles. The molecule has 1 aromatic rings. The highest BCUT2D eigenvalue weighted by Gasteiger charge is 2.28. The second-order valence-corrected chi connectivity index (χ2v) is 5.09. The molecule has 0 radical (unpaired) electrons. The van der Waals surface area contributed by atoms with Crippen LogP contribution in [0, 0.1) is 0 Å². The highest BCUT2D eigenvalue weighted by atomic mass is 32.2. The van der Waals surface area contributed by atoms with Crippen molar-refractivity contribution in [2.24, 2.45) is 0 Å². The molecule has 1 amide bonds. The van der Waals surface area contributed by atoms with Gasteiger partial charge < -0.3 is 5.32 Å². The molecule has 0 aromatic carbocycles. The van der Waals surface area contributed by atoms with Crippen LogP contribution in [0.4, 0.5) is 0 Å². The lowest BCUT2D eigenvalue weighted by Gasteiger charge is -2.07. The minimum Gasteiger partial charge on any atom is -0.353 e. The van der Waals surface area contributed by atoms with E-state index in [-0.39, 0.29) is 11.9 Å². The first kappa shape index (κ1) is 11.4. The first-order valence-corrected chi connectivity index (χ1v) is 6.35. The summed E-state index contributed by atoms with van der Waals surface area (Å²) in [6.45, 7) is 3.88. The molecule has 1 heterocycles. The van der Waals surface area contributed by atoms with Gasteiger partial charge in [-0.05, 0) is 37.1 Å². The van der Waals surface area contributed by atoms with E-state index < -0.39 is 0 Å². The number of rotatable bonds is 5. The quantitative estimate of drug-likeness (QED) is 0.765. The number of amides is 1. The number of nitrogens with one attached hydrogen (secondary N) is 1. The predicted molar refractivity (Wildman–Crippen MR) is 60.1 cm³/mol. The van der Waals surface area contributed by atoms with E-state index in [1.165, 1.54) is 11.8 Å². The summed E-state index contributed by atoms with van der Waals surface area (Å²) in [4.78, 5) is 11.4. The molecule has 0 unspecified atom stereocenters. The molecule has 0 spiro atoms. The molecule has 1 aliphatic rings. The van der Waals surface area contributed by atoms with Crippen LogP contribution < -0.4 is 5.32 Å². The van der Waals surface area contributed by atoms with Crippen LogP contribution in [0.3, 0.4) is 0 Å². The number of hydrogen-bond donors (Lipinski definition) is 1. The average molecular weight is 241 g/mol. The molecule has 1 saturated carbocycles. The van der Waals surface area contributed by atoms with E-state index in [1.807, 2.05) is 18.5 Å². The van der Waals surface area contributed by atoms with Crippen molar-refractivity contribution in [2.45, 2.75) is 43.9 Å². The van der Waals surface area contributed by atoms with E-state index in [0.717, 1.165) is 18.0 Å². The summed E-state index contributed by atoms with van der Waals surface area (Å²) in [6, 6.07) is 0.623. The third-order valence-corrected chi connectivity index (χ3v) is 3.07. The zero-order valence-corrected chi connectivity index (χ0v) is 10.2. The maximum absolute atomic E-state index is 11.4. The van der Waals surface area contributed by atoms with E-state index in [0.29, 0.717) is 11.8 Å². The van der Waals surface area contributed by atoms with Crippen molar-refractivity contribution in [2.75, 3.05) is 5.75 Å². The predicted octanol–water partition coefficient (Wildman–Crippen LogP) is 0.625. The molecular weight excluding hydrogens is 226 g/mol. The zero-order valence-electron chi connectivity index (χ0n) is 9.38. The van der Waals surface area contributed by atoms with Gasteiger partial charge in [-0.1, -0.05) is 11.8 Å². The summed E-state index contributed by atoms with van der Waals surface area (Å²) in [5, 5.41) is 15.0. The van der Waals surface area contributed by atoms with Gasteiger partial charge in [0.25, 0.3) is 0 Å². The van der Waals surface area contributed by atoms with Gasteiger partial charge in [-0.3, -0.25) is 4.79 Å². The van der Waals surface area contributed by atoms with Gasteiger partial charge in [-0.15, -0.1) is 5.10 Å². The first-order chi connectivity index (χ1) is 7.66. The molecule has 0 bridgehead atoms. The number of nitrogens with zero attached hydrogens (tertiary/aromatic N) is 4. The Hall–Kier alpha value is -1.11. The monoisotopic (exact) mass is 241 g/mol. The second kappa shape index (κ2) is 4.82. The maximum Gasteiger partial charge on any atom is 0.230 e. The summed E-state index contributed by atoms with van der Waals surface area (Å²) in [6.07, 6.45) is 2.27. The van der Waals surface area contributed by atoms with Gasteiger partial charge in [-0.25, -0.2) is 4.68 Å². The molecule has 88 valence electrons. The SMILES string of the molecule is CC(C)NC(=O)CSc1nnnn1C1CC1. The Morgan fingerprint density at radius 2 is 2.38 bits per heavy atom. The van der Waals surface area contributed by atoms with E-state index in [9.17, 15) is 4.79 Å². The Balaban J connectivity index is 1.84. The van der Waals surface area contributed by atoms with Crippen LogP contribution in [0.1, 0.15) is 32.7 Å². The van der Waals surface area contributed by atoms with Crippen molar-refractivity contribution in [3.05, 3.63) is 0 Å². The van der Waals surface area contributed by atoms with E-state index >= 15 is 0 Å². The zero-order chi connectivity index (χ0) is 11.5. The fraction of sp³-hybridized carbons (Fsp3) is 0.778.